The van der Waals surface area contributed by atoms with Crippen molar-refractivity contribution < 1.29 is 14.3 Å². The molecule has 2 heterocycles. The molecule has 0 spiro atoms. The molecule has 1 aliphatic heterocycles. The second kappa shape index (κ2) is 4.94. The van der Waals surface area contributed by atoms with Crippen molar-refractivity contribution in [3.63, 3.8) is 0 Å². The molecule has 1 aromatic heterocycles. The van der Waals surface area contributed by atoms with E-state index in [4.69, 9.17) is 16.3 Å². The van der Waals surface area contributed by atoms with Gasteiger partial charge in [-0.05, 0) is 44.9 Å². The quantitative estimate of drug-likeness (QED) is 0.448. The maximum absolute atomic E-state index is 11.9. The second-order valence-electron chi connectivity index (χ2n) is 4.57. The zero-order valence-corrected chi connectivity index (χ0v) is 12.7. The number of allylic oxidation sites excluding steroid dienone is 2. The fraction of sp³-hybridized carbons (Fsp3) is 0.286. The van der Waals surface area contributed by atoms with Crippen molar-refractivity contribution in [2.24, 2.45) is 0 Å². The van der Waals surface area contributed by atoms with E-state index in [-0.39, 0.29) is 0 Å². The van der Waals surface area contributed by atoms with Crippen molar-refractivity contribution >= 4 is 40.4 Å². The van der Waals surface area contributed by atoms with Gasteiger partial charge in [-0.2, -0.15) is 0 Å². The monoisotopic (exact) mass is 296 g/mol. The average Bonchev–Trinajstić information content (AvgIpc) is 2.77. The number of esters is 2. The van der Waals surface area contributed by atoms with Gasteiger partial charge in [0.25, 0.3) is 0 Å². The van der Waals surface area contributed by atoms with Gasteiger partial charge < -0.3 is 4.74 Å². The Labute approximate surface area is 120 Å². The third kappa shape index (κ3) is 2.38. The number of carbonyl (C=O) groups is 2. The molecule has 0 amide bonds. The van der Waals surface area contributed by atoms with E-state index in [1.165, 1.54) is 11.3 Å². The van der Waals surface area contributed by atoms with E-state index in [0.717, 1.165) is 21.6 Å². The first-order valence-corrected chi connectivity index (χ1v) is 6.94. The van der Waals surface area contributed by atoms with Crippen molar-refractivity contribution in [2.45, 2.75) is 27.7 Å². The van der Waals surface area contributed by atoms with E-state index in [1.807, 2.05) is 19.9 Å². The number of rotatable bonds is 1. The standard InChI is InChI=1S/C14H13ClO3S/c1-6(2)11-12(14(17)18-13(11)16)7(3)9-5-10(15)19-8(9)4/h5H,1-4H3/b12-7+. The summed E-state index contributed by atoms with van der Waals surface area (Å²) in [5, 5.41) is 0. The molecule has 0 saturated carbocycles. The van der Waals surface area contributed by atoms with E-state index >= 15 is 0 Å². The number of hydrogen-bond donors (Lipinski definition) is 0. The Morgan fingerprint density at radius 1 is 1.16 bits per heavy atom. The number of cyclic esters (lactones) is 2. The lowest BCUT2D eigenvalue weighted by atomic mass is 9.95. The molecule has 1 aromatic rings. The summed E-state index contributed by atoms with van der Waals surface area (Å²) in [6.07, 6.45) is 0. The Hall–Kier alpha value is -1.39. The predicted octanol–water partition coefficient (Wildman–Crippen LogP) is 3.90. The Kier molecular flexibility index (Phi) is 3.65. The zero-order valence-electron chi connectivity index (χ0n) is 11.1. The highest BCUT2D eigenvalue weighted by atomic mass is 35.5. The van der Waals surface area contributed by atoms with E-state index in [2.05, 4.69) is 0 Å². The van der Waals surface area contributed by atoms with Gasteiger partial charge in [-0.15, -0.1) is 11.3 Å². The van der Waals surface area contributed by atoms with Crippen molar-refractivity contribution in [3.05, 3.63) is 37.6 Å². The molecule has 3 nitrogen and oxygen atoms in total. The normalized spacial score (nSPS) is 17.8. The highest BCUT2D eigenvalue weighted by Crippen LogP contribution is 2.37. The summed E-state index contributed by atoms with van der Waals surface area (Å²) in [5.41, 5.74) is 3.10. The maximum Gasteiger partial charge on any atom is 0.347 e. The Bertz CT molecular complexity index is 646. The van der Waals surface area contributed by atoms with Crippen LogP contribution in [0.3, 0.4) is 0 Å². The SMILES string of the molecule is CC(C)=C1C(=O)OC(=O)/C1=C(\C)c1cc(Cl)sc1C. The van der Waals surface area contributed by atoms with Crippen molar-refractivity contribution in [2.75, 3.05) is 0 Å². The van der Waals surface area contributed by atoms with Crippen LogP contribution in [0.4, 0.5) is 0 Å². The zero-order chi connectivity index (χ0) is 14.3. The smallest absolute Gasteiger partial charge is 0.347 e. The van der Waals surface area contributed by atoms with Crippen molar-refractivity contribution in [3.8, 4) is 0 Å². The molecule has 0 unspecified atom stereocenters. The van der Waals surface area contributed by atoms with Gasteiger partial charge in [0.2, 0.25) is 0 Å². The van der Waals surface area contributed by atoms with Crippen LogP contribution in [0, 0.1) is 6.92 Å². The Morgan fingerprint density at radius 2 is 1.74 bits per heavy atom. The highest BCUT2D eigenvalue weighted by molar-refractivity contribution is 7.16. The van der Waals surface area contributed by atoms with Crippen LogP contribution < -0.4 is 0 Å². The maximum atomic E-state index is 11.9. The molecule has 5 heteroatoms. The summed E-state index contributed by atoms with van der Waals surface area (Å²) in [4.78, 5) is 24.6. The minimum absolute atomic E-state index is 0.350. The van der Waals surface area contributed by atoms with Crippen LogP contribution in [-0.4, -0.2) is 11.9 Å². The Balaban J connectivity index is 2.69. The fourth-order valence-corrected chi connectivity index (χ4v) is 3.39. The summed E-state index contributed by atoms with van der Waals surface area (Å²) in [6.45, 7) is 7.32. The number of halogens is 1. The molecule has 2 rings (SSSR count). The van der Waals surface area contributed by atoms with Gasteiger partial charge >= 0.3 is 11.9 Å². The third-order valence-corrected chi connectivity index (χ3v) is 4.19. The van der Waals surface area contributed by atoms with E-state index in [9.17, 15) is 9.59 Å². The van der Waals surface area contributed by atoms with Gasteiger partial charge in [-0.3, -0.25) is 0 Å². The third-order valence-electron chi connectivity index (χ3n) is 3.01. The molecule has 0 aromatic carbocycles. The van der Waals surface area contributed by atoms with Crippen LogP contribution in [0.25, 0.3) is 5.57 Å². The molecule has 0 atom stereocenters. The van der Waals surface area contributed by atoms with Crippen LogP contribution >= 0.6 is 22.9 Å². The highest BCUT2D eigenvalue weighted by Gasteiger charge is 2.36. The molecular weight excluding hydrogens is 284 g/mol. The van der Waals surface area contributed by atoms with E-state index in [1.54, 1.807) is 13.8 Å². The van der Waals surface area contributed by atoms with Crippen molar-refractivity contribution in [1.82, 2.24) is 0 Å². The van der Waals surface area contributed by atoms with Crippen LogP contribution in [-0.2, 0) is 14.3 Å². The number of hydrogen-bond acceptors (Lipinski definition) is 4. The van der Waals surface area contributed by atoms with E-state index < -0.39 is 11.9 Å². The number of aryl methyl sites for hydroxylation is 1. The molecule has 0 aliphatic carbocycles. The molecule has 0 N–H and O–H groups in total. The molecular formula is C14H13ClO3S. The largest absolute Gasteiger partial charge is 0.386 e. The fourth-order valence-electron chi connectivity index (χ4n) is 2.14. The summed E-state index contributed by atoms with van der Waals surface area (Å²) in [7, 11) is 0. The first-order chi connectivity index (χ1) is 8.82. The Morgan fingerprint density at radius 3 is 2.21 bits per heavy atom. The molecule has 19 heavy (non-hydrogen) atoms. The molecule has 1 aliphatic rings. The van der Waals surface area contributed by atoms with Crippen molar-refractivity contribution in [1.29, 1.82) is 0 Å². The number of carbonyl (C=O) groups excluding carboxylic acids is 2. The average molecular weight is 297 g/mol. The topological polar surface area (TPSA) is 43.4 Å². The summed E-state index contributed by atoms with van der Waals surface area (Å²) < 4.78 is 5.37. The van der Waals surface area contributed by atoms with Crippen LogP contribution in [0.1, 0.15) is 31.2 Å². The summed E-state index contributed by atoms with van der Waals surface area (Å²) in [6, 6.07) is 1.81. The first kappa shape index (κ1) is 14.0. The van der Waals surface area contributed by atoms with Gasteiger partial charge in [0, 0.05) is 4.88 Å². The lowest BCUT2D eigenvalue weighted by molar-refractivity contribution is -0.149. The summed E-state index contributed by atoms with van der Waals surface area (Å²) in [5.74, 6) is -1.15. The molecule has 0 radical (unpaired) electrons. The number of ether oxygens (including phenoxy) is 1. The molecule has 1 fully saturated rings. The molecule has 0 bridgehead atoms. The minimum Gasteiger partial charge on any atom is -0.386 e. The van der Waals surface area contributed by atoms with Gasteiger partial charge in [-0.25, -0.2) is 9.59 Å². The lowest BCUT2D eigenvalue weighted by Gasteiger charge is -2.04. The van der Waals surface area contributed by atoms with Crippen LogP contribution in [0.5, 0.6) is 0 Å². The van der Waals surface area contributed by atoms with Gasteiger partial charge in [0.05, 0.1) is 15.5 Å². The van der Waals surface area contributed by atoms with Crippen LogP contribution in [0.2, 0.25) is 4.34 Å². The van der Waals surface area contributed by atoms with Gasteiger partial charge in [0.1, 0.15) is 0 Å². The van der Waals surface area contributed by atoms with E-state index in [0.29, 0.717) is 15.5 Å². The van der Waals surface area contributed by atoms with Gasteiger partial charge in [0.15, 0.2) is 0 Å². The molecule has 1 saturated heterocycles. The molecule has 100 valence electrons. The second-order valence-corrected chi connectivity index (χ2v) is 6.46. The van der Waals surface area contributed by atoms with Crippen LogP contribution in [0.15, 0.2) is 22.8 Å². The first-order valence-electron chi connectivity index (χ1n) is 5.74. The number of thiophene rings is 1. The lowest BCUT2D eigenvalue weighted by Crippen LogP contribution is -1.99. The summed E-state index contributed by atoms with van der Waals surface area (Å²) >= 11 is 7.43. The minimum atomic E-state index is -0.583. The predicted molar refractivity (Wildman–Crippen MR) is 76.1 cm³/mol. The van der Waals surface area contributed by atoms with Gasteiger partial charge in [-0.1, -0.05) is 17.2 Å².